The number of fused-ring (bicyclic) bond motifs is 1. The summed E-state index contributed by atoms with van der Waals surface area (Å²) in [6, 6.07) is 8.92. The Kier molecular flexibility index (Phi) is 7.72. The van der Waals surface area contributed by atoms with Crippen molar-refractivity contribution < 1.29 is 23.8 Å². The third-order valence-electron chi connectivity index (χ3n) is 6.89. The van der Waals surface area contributed by atoms with Gasteiger partial charge in [-0.2, -0.15) is 0 Å². The quantitative estimate of drug-likeness (QED) is 0.594. The van der Waals surface area contributed by atoms with Crippen LogP contribution >= 0.6 is 11.6 Å². The summed E-state index contributed by atoms with van der Waals surface area (Å²) in [5.74, 6) is 2.08. The lowest BCUT2D eigenvalue weighted by Crippen LogP contribution is -2.34. The van der Waals surface area contributed by atoms with Gasteiger partial charge in [-0.25, -0.2) is 0 Å². The smallest absolute Gasteiger partial charge is 0.261 e. The zero-order valence-electron chi connectivity index (χ0n) is 20.6. The second-order valence-electron chi connectivity index (χ2n) is 9.16. The maximum Gasteiger partial charge on any atom is 0.261 e. The molecule has 8 nitrogen and oxygen atoms in total. The summed E-state index contributed by atoms with van der Waals surface area (Å²) in [6.07, 6.45) is 0.411. The minimum atomic E-state index is -0.0987. The van der Waals surface area contributed by atoms with Crippen molar-refractivity contribution in [3.63, 3.8) is 0 Å². The lowest BCUT2D eigenvalue weighted by molar-refractivity contribution is -0.116. The number of likely N-dealkylation sites (tertiary alicyclic amines) is 2. The minimum absolute atomic E-state index is 0.0301. The molecule has 2 aromatic carbocycles. The van der Waals surface area contributed by atoms with E-state index in [1.807, 2.05) is 24.0 Å². The van der Waals surface area contributed by atoms with Gasteiger partial charge in [0.1, 0.15) is 22.8 Å². The molecule has 35 heavy (non-hydrogen) atoms. The fraction of sp³-hybridized carbons (Fsp3) is 0.462. The molecule has 2 aromatic rings. The highest BCUT2D eigenvalue weighted by Gasteiger charge is 2.42. The fourth-order valence-electron chi connectivity index (χ4n) is 4.97. The van der Waals surface area contributed by atoms with Crippen LogP contribution < -0.4 is 19.5 Å². The van der Waals surface area contributed by atoms with Crippen molar-refractivity contribution in [1.29, 1.82) is 0 Å². The average Bonchev–Trinajstić information content (AvgIpc) is 3.42. The molecule has 2 aliphatic rings. The third kappa shape index (κ3) is 5.49. The number of amides is 2. The molecule has 2 heterocycles. The topological polar surface area (TPSA) is 80.3 Å². The van der Waals surface area contributed by atoms with Gasteiger partial charge < -0.3 is 29.3 Å². The van der Waals surface area contributed by atoms with Gasteiger partial charge >= 0.3 is 0 Å². The molecule has 2 unspecified atom stereocenters. The van der Waals surface area contributed by atoms with Crippen molar-refractivity contribution in [2.75, 3.05) is 59.4 Å². The number of rotatable bonds is 8. The molecular weight excluding hydrogens is 470 g/mol. The van der Waals surface area contributed by atoms with Crippen LogP contribution in [0.15, 0.2) is 30.3 Å². The fourth-order valence-corrected chi connectivity index (χ4v) is 5.15. The number of nitrogens with zero attached hydrogens (tertiary/aromatic N) is 2. The van der Waals surface area contributed by atoms with Crippen LogP contribution in [-0.2, 0) is 4.79 Å². The second kappa shape index (κ2) is 10.7. The Morgan fingerprint density at radius 3 is 2.14 bits per heavy atom. The van der Waals surface area contributed by atoms with E-state index in [-0.39, 0.29) is 11.8 Å². The zero-order valence-corrected chi connectivity index (χ0v) is 21.4. The van der Waals surface area contributed by atoms with Crippen LogP contribution in [0.5, 0.6) is 17.2 Å². The number of hydrogen-bond donors (Lipinski definition) is 1. The van der Waals surface area contributed by atoms with E-state index in [4.69, 9.17) is 25.8 Å². The van der Waals surface area contributed by atoms with E-state index in [0.717, 1.165) is 18.7 Å². The average molecular weight is 502 g/mol. The Morgan fingerprint density at radius 1 is 0.971 bits per heavy atom. The molecule has 0 aromatic heterocycles. The van der Waals surface area contributed by atoms with Crippen LogP contribution in [-0.4, -0.2) is 75.7 Å². The summed E-state index contributed by atoms with van der Waals surface area (Å²) < 4.78 is 16.2. The number of anilines is 1. The molecule has 0 saturated carbocycles. The largest absolute Gasteiger partial charge is 0.496 e. The Bertz CT molecular complexity index is 1070. The van der Waals surface area contributed by atoms with Gasteiger partial charge in [0.25, 0.3) is 5.91 Å². The molecule has 2 amide bonds. The van der Waals surface area contributed by atoms with Gasteiger partial charge in [0.2, 0.25) is 5.91 Å². The molecule has 0 spiro atoms. The minimum Gasteiger partial charge on any atom is -0.496 e. The molecule has 2 fully saturated rings. The van der Waals surface area contributed by atoms with E-state index < -0.39 is 0 Å². The first kappa shape index (κ1) is 25.1. The van der Waals surface area contributed by atoms with Crippen LogP contribution in [0.3, 0.4) is 0 Å². The van der Waals surface area contributed by atoms with Crippen molar-refractivity contribution in [2.24, 2.45) is 11.8 Å². The molecule has 2 atom stereocenters. The number of ether oxygens (including phenoxy) is 3. The van der Waals surface area contributed by atoms with E-state index in [9.17, 15) is 9.59 Å². The van der Waals surface area contributed by atoms with Crippen molar-refractivity contribution in [1.82, 2.24) is 9.80 Å². The monoisotopic (exact) mass is 501 g/mol. The Morgan fingerprint density at radius 2 is 1.60 bits per heavy atom. The Hall–Kier alpha value is -2.97. The predicted octanol–water partition coefficient (Wildman–Crippen LogP) is 3.71. The SMILES string of the molecule is COc1cc(OC)c(C(=O)N2CC3CN(CCC(=O)Nc4ccc(C)c(Cl)c4)CC3C2)c(OC)c1. The van der Waals surface area contributed by atoms with Crippen LogP contribution in [0.25, 0.3) is 0 Å². The Labute approximate surface area is 211 Å². The second-order valence-corrected chi connectivity index (χ2v) is 9.57. The maximum atomic E-state index is 13.4. The molecule has 2 saturated heterocycles. The number of carbonyl (C=O) groups is 2. The van der Waals surface area contributed by atoms with E-state index in [2.05, 4.69) is 10.2 Å². The summed E-state index contributed by atoms with van der Waals surface area (Å²) in [5.41, 5.74) is 2.10. The number of aryl methyl sites for hydroxylation is 1. The first-order chi connectivity index (χ1) is 16.8. The highest BCUT2D eigenvalue weighted by molar-refractivity contribution is 6.31. The summed E-state index contributed by atoms with van der Waals surface area (Å²) in [4.78, 5) is 30.0. The van der Waals surface area contributed by atoms with Crippen LogP contribution in [0, 0.1) is 18.8 Å². The van der Waals surface area contributed by atoms with Crippen LogP contribution in [0.4, 0.5) is 5.69 Å². The molecule has 2 aliphatic heterocycles. The zero-order chi connectivity index (χ0) is 25.1. The molecular formula is C26H32ClN3O5. The summed E-state index contributed by atoms with van der Waals surface area (Å²) >= 11 is 6.15. The van der Waals surface area contributed by atoms with Crippen molar-refractivity contribution in [3.8, 4) is 17.2 Å². The molecule has 4 rings (SSSR count). The van der Waals surface area contributed by atoms with Gasteiger partial charge in [-0.3, -0.25) is 9.59 Å². The highest BCUT2D eigenvalue weighted by Crippen LogP contribution is 2.38. The summed E-state index contributed by atoms with van der Waals surface area (Å²) in [5, 5.41) is 3.56. The molecule has 0 bridgehead atoms. The van der Waals surface area contributed by atoms with Gasteiger partial charge in [-0.1, -0.05) is 17.7 Å². The van der Waals surface area contributed by atoms with Gasteiger partial charge in [0, 0.05) is 62.0 Å². The molecule has 188 valence electrons. The normalized spacial score (nSPS) is 19.4. The number of nitrogens with one attached hydrogen (secondary N) is 1. The third-order valence-corrected chi connectivity index (χ3v) is 7.30. The van der Waals surface area contributed by atoms with Gasteiger partial charge in [-0.05, 0) is 36.5 Å². The number of hydrogen-bond acceptors (Lipinski definition) is 6. The van der Waals surface area contributed by atoms with Crippen molar-refractivity contribution in [2.45, 2.75) is 13.3 Å². The van der Waals surface area contributed by atoms with E-state index in [1.165, 1.54) is 14.2 Å². The predicted molar refractivity (Wildman–Crippen MR) is 135 cm³/mol. The van der Waals surface area contributed by atoms with Crippen LogP contribution in [0.2, 0.25) is 5.02 Å². The van der Waals surface area contributed by atoms with E-state index in [0.29, 0.717) is 71.4 Å². The molecule has 0 radical (unpaired) electrons. The molecule has 1 N–H and O–H groups in total. The number of halogens is 1. The number of carbonyl (C=O) groups excluding carboxylic acids is 2. The van der Waals surface area contributed by atoms with Crippen molar-refractivity contribution in [3.05, 3.63) is 46.5 Å². The lowest BCUT2D eigenvalue weighted by Gasteiger charge is -2.23. The standard InChI is InChI=1S/C26H32ClN3O5/c1-16-5-6-19(9-21(16)27)28-24(31)7-8-29-12-17-14-30(15-18(17)13-29)26(32)25-22(34-3)10-20(33-2)11-23(25)35-4/h5-6,9-11,17-18H,7-8,12-15H2,1-4H3,(H,28,31). The number of benzene rings is 2. The molecule has 9 heteroatoms. The van der Waals surface area contributed by atoms with E-state index >= 15 is 0 Å². The highest BCUT2D eigenvalue weighted by atomic mass is 35.5. The van der Waals surface area contributed by atoms with Gasteiger partial charge in [0.05, 0.1) is 21.3 Å². The van der Waals surface area contributed by atoms with E-state index in [1.54, 1.807) is 25.3 Å². The summed E-state index contributed by atoms with van der Waals surface area (Å²) in [6.45, 7) is 5.70. The van der Waals surface area contributed by atoms with Crippen LogP contribution in [0.1, 0.15) is 22.3 Å². The molecule has 0 aliphatic carbocycles. The Balaban J connectivity index is 1.31. The first-order valence-corrected chi connectivity index (χ1v) is 12.1. The summed E-state index contributed by atoms with van der Waals surface area (Å²) in [7, 11) is 4.63. The maximum absolute atomic E-state index is 13.4. The van der Waals surface area contributed by atoms with Gasteiger partial charge in [0.15, 0.2) is 0 Å². The lowest BCUT2D eigenvalue weighted by atomic mass is 10.0. The first-order valence-electron chi connectivity index (χ1n) is 11.7. The van der Waals surface area contributed by atoms with Crippen molar-refractivity contribution >= 4 is 29.1 Å². The number of methoxy groups -OCH3 is 3. The van der Waals surface area contributed by atoms with Gasteiger partial charge in [-0.15, -0.1) is 0 Å².